The summed E-state index contributed by atoms with van der Waals surface area (Å²) >= 11 is 0. The van der Waals surface area contributed by atoms with Crippen LogP contribution in [-0.2, 0) is 0 Å². The van der Waals surface area contributed by atoms with Crippen LogP contribution in [0.25, 0.3) is 0 Å². The number of rotatable bonds is 5. The Morgan fingerprint density at radius 2 is 2.16 bits per heavy atom. The predicted molar refractivity (Wildman–Crippen MR) is 72.9 cm³/mol. The molecule has 102 valence electrons. The molecule has 0 saturated carbocycles. The van der Waals surface area contributed by atoms with E-state index in [4.69, 9.17) is 10.00 Å². The molecule has 1 aromatic carbocycles. The van der Waals surface area contributed by atoms with Crippen molar-refractivity contribution in [3.8, 4) is 11.8 Å². The lowest BCUT2D eigenvalue weighted by Crippen LogP contribution is -2.37. The fraction of sp³-hybridized carbons (Fsp3) is 0.533. The first kappa shape index (κ1) is 13.9. The quantitative estimate of drug-likeness (QED) is 0.874. The summed E-state index contributed by atoms with van der Waals surface area (Å²) in [6.07, 6.45) is 1.14. The first-order chi connectivity index (χ1) is 9.24. The molecule has 2 unspecified atom stereocenters. The van der Waals surface area contributed by atoms with Gasteiger partial charge in [-0.3, -0.25) is 4.90 Å². The molecular weight excluding hydrogens is 240 g/mol. The fourth-order valence-corrected chi connectivity index (χ4v) is 2.57. The van der Waals surface area contributed by atoms with E-state index in [2.05, 4.69) is 17.9 Å². The minimum Gasteiger partial charge on any atom is -0.492 e. The zero-order valence-corrected chi connectivity index (χ0v) is 11.2. The van der Waals surface area contributed by atoms with E-state index in [9.17, 15) is 5.11 Å². The lowest BCUT2D eigenvalue weighted by molar-refractivity contribution is 0.123. The number of likely N-dealkylation sites (tertiary alicyclic amines) is 1. The van der Waals surface area contributed by atoms with Gasteiger partial charge >= 0.3 is 0 Å². The number of hydrogen-bond acceptors (Lipinski definition) is 4. The molecule has 1 aromatic rings. The maximum absolute atomic E-state index is 9.37. The van der Waals surface area contributed by atoms with Crippen LogP contribution >= 0.6 is 0 Å². The highest BCUT2D eigenvalue weighted by molar-refractivity contribution is 5.34. The Morgan fingerprint density at radius 3 is 2.79 bits per heavy atom. The summed E-state index contributed by atoms with van der Waals surface area (Å²) < 4.78 is 5.66. The normalized spacial score (nSPS) is 23.2. The Hall–Kier alpha value is -1.57. The van der Waals surface area contributed by atoms with E-state index in [0.717, 1.165) is 25.3 Å². The number of aliphatic hydroxyl groups is 1. The van der Waals surface area contributed by atoms with Crippen molar-refractivity contribution in [1.82, 2.24) is 4.90 Å². The third-order valence-corrected chi connectivity index (χ3v) is 3.82. The molecule has 1 heterocycles. The van der Waals surface area contributed by atoms with Gasteiger partial charge in [0.2, 0.25) is 0 Å². The van der Waals surface area contributed by atoms with Crippen LogP contribution in [0.15, 0.2) is 24.3 Å². The average Bonchev–Trinajstić information content (AvgIpc) is 2.80. The topological polar surface area (TPSA) is 56.5 Å². The highest BCUT2D eigenvalue weighted by Gasteiger charge is 2.29. The summed E-state index contributed by atoms with van der Waals surface area (Å²) in [7, 11) is 0. The van der Waals surface area contributed by atoms with E-state index in [1.54, 1.807) is 12.1 Å². The summed E-state index contributed by atoms with van der Waals surface area (Å²) in [4.78, 5) is 2.29. The van der Waals surface area contributed by atoms with Gasteiger partial charge in [0.15, 0.2) is 0 Å². The van der Waals surface area contributed by atoms with E-state index in [-0.39, 0.29) is 12.6 Å². The smallest absolute Gasteiger partial charge is 0.119 e. The molecular formula is C15H20N2O2. The number of ether oxygens (including phenoxy) is 1. The van der Waals surface area contributed by atoms with Gasteiger partial charge in [-0.25, -0.2) is 0 Å². The molecule has 1 fully saturated rings. The van der Waals surface area contributed by atoms with Crippen molar-refractivity contribution in [3.63, 3.8) is 0 Å². The van der Waals surface area contributed by atoms with Crippen LogP contribution < -0.4 is 4.74 Å². The van der Waals surface area contributed by atoms with E-state index in [0.29, 0.717) is 18.1 Å². The van der Waals surface area contributed by atoms with E-state index < -0.39 is 0 Å². The maximum Gasteiger partial charge on any atom is 0.119 e. The second kappa shape index (κ2) is 6.55. The zero-order valence-electron chi connectivity index (χ0n) is 11.2. The highest BCUT2D eigenvalue weighted by atomic mass is 16.5. The molecule has 1 aliphatic rings. The molecule has 4 heteroatoms. The molecule has 0 aliphatic carbocycles. The summed E-state index contributed by atoms with van der Waals surface area (Å²) in [5.74, 6) is 1.34. The number of nitriles is 1. The molecule has 0 bridgehead atoms. The Labute approximate surface area is 114 Å². The molecule has 1 N–H and O–H groups in total. The Morgan fingerprint density at radius 1 is 1.42 bits per heavy atom. The Bertz CT molecular complexity index is 438. The molecule has 0 radical (unpaired) electrons. The van der Waals surface area contributed by atoms with Gasteiger partial charge in [0.25, 0.3) is 0 Å². The third-order valence-electron chi connectivity index (χ3n) is 3.82. The van der Waals surface area contributed by atoms with Gasteiger partial charge in [-0.1, -0.05) is 6.92 Å². The maximum atomic E-state index is 9.37. The monoisotopic (exact) mass is 260 g/mol. The van der Waals surface area contributed by atoms with E-state index in [1.165, 1.54) is 0 Å². The van der Waals surface area contributed by atoms with E-state index >= 15 is 0 Å². The number of benzene rings is 1. The highest BCUT2D eigenvalue weighted by Crippen LogP contribution is 2.23. The molecule has 19 heavy (non-hydrogen) atoms. The number of hydrogen-bond donors (Lipinski definition) is 1. The Balaban J connectivity index is 1.78. The first-order valence-electron chi connectivity index (χ1n) is 6.72. The van der Waals surface area contributed by atoms with Gasteiger partial charge in [-0.15, -0.1) is 0 Å². The van der Waals surface area contributed by atoms with Crippen molar-refractivity contribution in [2.24, 2.45) is 5.92 Å². The molecule has 1 saturated heterocycles. The molecule has 0 aromatic heterocycles. The van der Waals surface area contributed by atoms with Crippen molar-refractivity contribution >= 4 is 0 Å². The molecule has 2 atom stereocenters. The van der Waals surface area contributed by atoms with Gasteiger partial charge in [0.1, 0.15) is 12.4 Å². The predicted octanol–water partition coefficient (Wildman–Crippen LogP) is 1.64. The van der Waals surface area contributed by atoms with Crippen LogP contribution in [0.1, 0.15) is 18.9 Å². The summed E-state index contributed by atoms with van der Waals surface area (Å²) in [6, 6.07) is 9.49. The zero-order chi connectivity index (χ0) is 13.7. The summed E-state index contributed by atoms with van der Waals surface area (Å²) in [5.41, 5.74) is 0.640. The van der Waals surface area contributed by atoms with Crippen LogP contribution in [0.4, 0.5) is 0 Å². The van der Waals surface area contributed by atoms with Gasteiger partial charge in [-0.05, 0) is 43.1 Å². The average molecular weight is 260 g/mol. The SMILES string of the molecule is CC1CCN(CCOc2ccc(C#N)cc2)C1CO. The second-order valence-electron chi connectivity index (χ2n) is 5.04. The van der Waals surface area contributed by atoms with Gasteiger partial charge in [0, 0.05) is 12.6 Å². The summed E-state index contributed by atoms with van der Waals surface area (Å²) in [6.45, 7) is 4.87. The van der Waals surface area contributed by atoms with Crippen LogP contribution in [0.5, 0.6) is 5.75 Å². The van der Waals surface area contributed by atoms with Crippen molar-refractivity contribution in [2.45, 2.75) is 19.4 Å². The van der Waals surface area contributed by atoms with Gasteiger partial charge in [0.05, 0.1) is 18.2 Å². The molecule has 0 spiro atoms. The minimum atomic E-state index is 0.220. The van der Waals surface area contributed by atoms with Crippen LogP contribution in [0.3, 0.4) is 0 Å². The van der Waals surface area contributed by atoms with Crippen LogP contribution in [0, 0.1) is 17.2 Å². The van der Waals surface area contributed by atoms with Crippen molar-refractivity contribution in [3.05, 3.63) is 29.8 Å². The standard InChI is InChI=1S/C15H20N2O2/c1-12-6-7-17(15(12)11-18)8-9-19-14-4-2-13(10-16)3-5-14/h2-5,12,15,18H,6-9,11H2,1H3. The second-order valence-corrected chi connectivity index (χ2v) is 5.04. The fourth-order valence-electron chi connectivity index (χ4n) is 2.57. The van der Waals surface area contributed by atoms with Crippen molar-refractivity contribution in [1.29, 1.82) is 5.26 Å². The third kappa shape index (κ3) is 3.46. The number of aliphatic hydroxyl groups excluding tert-OH is 1. The lowest BCUT2D eigenvalue weighted by atomic mass is 10.0. The molecule has 1 aliphatic heterocycles. The van der Waals surface area contributed by atoms with Crippen molar-refractivity contribution in [2.75, 3.05) is 26.3 Å². The number of nitrogens with zero attached hydrogens (tertiary/aromatic N) is 2. The summed E-state index contributed by atoms with van der Waals surface area (Å²) in [5, 5.41) is 18.1. The lowest BCUT2D eigenvalue weighted by Gasteiger charge is -2.24. The Kier molecular flexibility index (Phi) is 4.78. The van der Waals surface area contributed by atoms with E-state index in [1.807, 2.05) is 12.1 Å². The van der Waals surface area contributed by atoms with Crippen LogP contribution in [-0.4, -0.2) is 42.4 Å². The molecule has 4 nitrogen and oxygen atoms in total. The minimum absolute atomic E-state index is 0.220. The molecule has 0 amide bonds. The molecule has 2 rings (SSSR count). The van der Waals surface area contributed by atoms with Gasteiger partial charge in [-0.2, -0.15) is 5.26 Å². The van der Waals surface area contributed by atoms with Crippen molar-refractivity contribution < 1.29 is 9.84 Å². The largest absolute Gasteiger partial charge is 0.492 e. The van der Waals surface area contributed by atoms with Crippen LogP contribution in [0.2, 0.25) is 0 Å². The van der Waals surface area contributed by atoms with Gasteiger partial charge < -0.3 is 9.84 Å². The first-order valence-corrected chi connectivity index (χ1v) is 6.72.